The Balaban J connectivity index is 1.42. The molecule has 1 heterocycles. The summed E-state index contributed by atoms with van der Waals surface area (Å²) in [5, 5.41) is 3.30. The number of carbonyl (C=O) groups is 3. The molecule has 1 aliphatic heterocycles. The number of thioether (sulfide) groups is 1. The van der Waals surface area contributed by atoms with Crippen LogP contribution in [0.1, 0.15) is 22.8 Å². The molecule has 9 heteroatoms. The molecule has 1 aliphatic rings. The van der Waals surface area contributed by atoms with Crippen molar-refractivity contribution in [2.45, 2.75) is 6.92 Å². The maximum Gasteiger partial charge on any atom is 0.337 e. The summed E-state index contributed by atoms with van der Waals surface area (Å²) in [6.07, 6.45) is 1.79. The van der Waals surface area contributed by atoms with Crippen LogP contribution < -0.4 is 10.1 Å². The highest BCUT2D eigenvalue weighted by Gasteiger charge is 2.32. The van der Waals surface area contributed by atoms with Crippen LogP contribution in [0, 0.1) is 0 Å². The van der Waals surface area contributed by atoms with Crippen molar-refractivity contribution in [3.05, 3.63) is 94.9 Å². The van der Waals surface area contributed by atoms with Crippen LogP contribution in [0.3, 0.4) is 0 Å². The van der Waals surface area contributed by atoms with Crippen LogP contribution in [0.2, 0.25) is 0 Å². The van der Waals surface area contributed by atoms with Gasteiger partial charge in [0.15, 0.2) is 11.8 Å². The van der Waals surface area contributed by atoms with E-state index in [1.54, 1.807) is 59.5 Å². The number of nitrogens with one attached hydrogen (secondary N) is 1. The number of hydrogen-bond acceptors (Lipinski definition) is 7. The van der Waals surface area contributed by atoms with Gasteiger partial charge >= 0.3 is 5.97 Å². The van der Waals surface area contributed by atoms with Gasteiger partial charge in [-0.05, 0) is 72.8 Å². The first kappa shape index (κ1) is 25.7. The summed E-state index contributed by atoms with van der Waals surface area (Å²) < 4.78 is 10.3. The third kappa shape index (κ3) is 6.65. The lowest BCUT2D eigenvalue weighted by Gasteiger charge is -2.12. The van der Waals surface area contributed by atoms with E-state index in [1.165, 1.54) is 18.9 Å². The Morgan fingerprint density at radius 1 is 1.03 bits per heavy atom. The van der Waals surface area contributed by atoms with Gasteiger partial charge in [-0.15, -0.1) is 0 Å². The lowest BCUT2D eigenvalue weighted by molar-refractivity contribution is -0.122. The number of amidine groups is 1. The summed E-state index contributed by atoms with van der Waals surface area (Å²) in [6, 6.07) is 23.0. The number of carbonyl (C=O) groups excluding carboxylic acids is 3. The second-order valence-electron chi connectivity index (χ2n) is 7.87. The summed E-state index contributed by atoms with van der Waals surface area (Å²) in [6.45, 7) is 2.21. The fourth-order valence-electron chi connectivity index (χ4n) is 3.48. The van der Waals surface area contributed by atoms with Gasteiger partial charge in [0, 0.05) is 12.2 Å². The van der Waals surface area contributed by atoms with Crippen molar-refractivity contribution in [3.63, 3.8) is 0 Å². The van der Waals surface area contributed by atoms with Crippen LogP contribution in [0.25, 0.3) is 6.08 Å². The van der Waals surface area contributed by atoms with Crippen molar-refractivity contribution in [2.24, 2.45) is 4.99 Å². The minimum atomic E-state index is -0.450. The van der Waals surface area contributed by atoms with E-state index in [2.05, 4.69) is 10.3 Å². The van der Waals surface area contributed by atoms with E-state index in [0.717, 1.165) is 5.56 Å². The summed E-state index contributed by atoms with van der Waals surface area (Å²) in [7, 11) is 1.32. The summed E-state index contributed by atoms with van der Waals surface area (Å²) >= 11 is 1.27. The normalized spacial score (nSPS) is 15.2. The van der Waals surface area contributed by atoms with E-state index in [9.17, 15) is 14.4 Å². The number of aliphatic imine (C=N–C) groups is 1. The average Bonchev–Trinajstić information content (AvgIpc) is 3.21. The number of likely N-dealkylation sites (N-methyl/N-ethyl adjacent to an activating group) is 1. The molecule has 0 aliphatic carbocycles. The number of anilines is 1. The van der Waals surface area contributed by atoms with Gasteiger partial charge in [-0.2, -0.15) is 0 Å². The molecule has 0 saturated carbocycles. The zero-order chi connectivity index (χ0) is 26.2. The number of hydrogen-bond donors (Lipinski definition) is 1. The number of methoxy groups -OCH3 is 1. The summed E-state index contributed by atoms with van der Waals surface area (Å²) in [5.41, 5.74) is 2.45. The van der Waals surface area contributed by atoms with E-state index in [1.807, 2.05) is 37.3 Å². The molecule has 1 saturated heterocycles. The van der Waals surface area contributed by atoms with Crippen LogP contribution in [0.5, 0.6) is 5.75 Å². The highest BCUT2D eigenvalue weighted by Crippen LogP contribution is 2.34. The molecule has 0 unspecified atom stereocenters. The number of ether oxygens (including phenoxy) is 2. The number of benzene rings is 3. The third-order valence-corrected chi connectivity index (χ3v) is 6.31. The van der Waals surface area contributed by atoms with Crippen molar-refractivity contribution in [3.8, 4) is 5.75 Å². The minimum absolute atomic E-state index is 0.119. The predicted molar refractivity (Wildman–Crippen MR) is 145 cm³/mol. The zero-order valence-electron chi connectivity index (χ0n) is 20.3. The molecule has 4 rings (SSSR count). The molecule has 1 fully saturated rings. The van der Waals surface area contributed by atoms with Gasteiger partial charge in [0.05, 0.1) is 23.3 Å². The highest BCUT2D eigenvalue weighted by atomic mass is 32.2. The quantitative estimate of drug-likeness (QED) is 0.331. The number of esters is 1. The molecule has 3 aromatic carbocycles. The van der Waals surface area contributed by atoms with Gasteiger partial charge in [0.25, 0.3) is 11.8 Å². The van der Waals surface area contributed by atoms with Crippen molar-refractivity contribution >= 4 is 52.2 Å². The van der Waals surface area contributed by atoms with Gasteiger partial charge < -0.3 is 14.8 Å². The number of amides is 2. The van der Waals surface area contributed by atoms with Gasteiger partial charge in [-0.3, -0.25) is 14.5 Å². The first-order chi connectivity index (χ1) is 18.0. The molecule has 0 spiro atoms. The number of rotatable bonds is 8. The lowest BCUT2D eigenvalue weighted by atomic mass is 10.2. The molecule has 0 atom stereocenters. The molecule has 37 heavy (non-hydrogen) atoms. The van der Waals surface area contributed by atoms with Crippen LogP contribution in [0.15, 0.2) is 88.8 Å². The molecule has 0 aromatic heterocycles. The van der Waals surface area contributed by atoms with Gasteiger partial charge in [0.1, 0.15) is 5.75 Å². The molecule has 188 valence electrons. The van der Waals surface area contributed by atoms with E-state index in [-0.39, 0.29) is 18.4 Å². The topological polar surface area (TPSA) is 97.3 Å². The lowest BCUT2D eigenvalue weighted by Crippen LogP contribution is -2.28. The molecular weight excluding hydrogens is 490 g/mol. The van der Waals surface area contributed by atoms with E-state index in [0.29, 0.717) is 39.3 Å². The maximum absolute atomic E-state index is 13.0. The zero-order valence-corrected chi connectivity index (χ0v) is 21.2. The summed E-state index contributed by atoms with van der Waals surface area (Å²) in [5.74, 6) is -0.310. The Hall–Kier alpha value is -4.37. The van der Waals surface area contributed by atoms with Crippen LogP contribution in [-0.4, -0.2) is 48.1 Å². The number of nitrogens with zero attached hydrogens (tertiary/aromatic N) is 2. The Kier molecular flexibility index (Phi) is 8.37. The smallest absolute Gasteiger partial charge is 0.337 e. The van der Waals surface area contributed by atoms with Gasteiger partial charge in [-0.25, -0.2) is 9.79 Å². The third-order valence-electron chi connectivity index (χ3n) is 5.30. The van der Waals surface area contributed by atoms with Gasteiger partial charge in [-0.1, -0.05) is 36.4 Å². The first-order valence-electron chi connectivity index (χ1n) is 11.5. The molecule has 0 bridgehead atoms. The Labute approximate surface area is 219 Å². The second-order valence-corrected chi connectivity index (χ2v) is 8.88. The molecule has 1 N–H and O–H groups in total. The van der Waals surface area contributed by atoms with E-state index >= 15 is 0 Å². The van der Waals surface area contributed by atoms with E-state index < -0.39 is 5.97 Å². The fourth-order valence-corrected chi connectivity index (χ4v) is 4.54. The van der Waals surface area contributed by atoms with Crippen LogP contribution >= 0.6 is 11.8 Å². The van der Waals surface area contributed by atoms with Gasteiger partial charge in [0.2, 0.25) is 0 Å². The SMILES string of the molecule is CCN1C(=O)C(=Cc2ccc(OCC(=O)Nc3ccccc3)cc2)SC1=Nc1cccc(C(=O)OC)c1. The maximum atomic E-state index is 13.0. The first-order valence-corrected chi connectivity index (χ1v) is 12.3. The molecule has 0 radical (unpaired) electrons. The van der Waals surface area contributed by atoms with Crippen molar-refractivity contribution in [1.29, 1.82) is 0 Å². The van der Waals surface area contributed by atoms with Crippen molar-refractivity contribution in [1.82, 2.24) is 4.90 Å². The Morgan fingerprint density at radius 2 is 1.78 bits per heavy atom. The predicted octanol–water partition coefficient (Wildman–Crippen LogP) is 5.11. The fraction of sp³-hybridized carbons (Fsp3) is 0.143. The average molecular weight is 516 g/mol. The van der Waals surface area contributed by atoms with E-state index in [4.69, 9.17) is 9.47 Å². The highest BCUT2D eigenvalue weighted by molar-refractivity contribution is 8.18. The monoisotopic (exact) mass is 515 g/mol. The van der Waals surface area contributed by atoms with Crippen molar-refractivity contribution < 1.29 is 23.9 Å². The molecule has 2 amide bonds. The minimum Gasteiger partial charge on any atom is -0.484 e. The van der Waals surface area contributed by atoms with Crippen LogP contribution in [-0.2, 0) is 14.3 Å². The second kappa shape index (κ2) is 12.0. The standard InChI is InChI=1S/C28H25N3O5S/c1-3-31-26(33)24(37-28(31)30-22-11-7-8-20(17-22)27(34)35-2)16-19-12-14-23(15-13-19)36-18-25(32)29-21-9-5-4-6-10-21/h4-17H,3,18H2,1-2H3,(H,29,32). The molecular formula is C28H25N3O5S. The summed E-state index contributed by atoms with van der Waals surface area (Å²) in [4.78, 5) is 43.6. The van der Waals surface area contributed by atoms with Crippen LogP contribution in [0.4, 0.5) is 11.4 Å². The Bertz CT molecular complexity index is 1350. The number of para-hydroxylation sites is 1. The Morgan fingerprint density at radius 3 is 2.49 bits per heavy atom. The van der Waals surface area contributed by atoms with Crippen molar-refractivity contribution in [2.75, 3.05) is 25.6 Å². The largest absolute Gasteiger partial charge is 0.484 e. The molecule has 3 aromatic rings. The molecule has 8 nitrogen and oxygen atoms in total.